The zero-order valence-corrected chi connectivity index (χ0v) is 14.9. The molecule has 3 aliphatic rings. The number of hydrogen-bond donors (Lipinski definition) is 2. The summed E-state index contributed by atoms with van der Waals surface area (Å²) in [5, 5.41) is 5.60. The quantitative estimate of drug-likeness (QED) is 0.862. The van der Waals surface area contributed by atoms with Crippen molar-refractivity contribution in [2.24, 2.45) is 5.92 Å². The lowest BCUT2D eigenvalue weighted by Gasteiger charge is -2.34. The molecule has 7 nitrogen and oxygen atoms in total. The molecule has 1 saturated carbocycles. The van der Waals surface area contributed by atoms with E-state index in [0.717, 1.165) is 31.6 Å². The molecule has 1 atom stereocenters. The van der Waals surface area contributed by atoms with Crippen molar-refractivity contribution < 1.29 is 23.8 Å². The van der Waals surface area contributed by atoms with E-state index in [4.69, 9.17) is 14.2 Å². The summed E-state index contributed by atoms with van der Waals surface area (Å²) in [6, 6.07) is 5.11. The molecule has 2 aliphatic heterocycles. The highest BCUT2D eigenvalue weighted by Gasteiger charge is 2.43. The van der Waals surface area contributed by atoms with Gasteiger partial charge in [-0.15, -0.1) is 0 Å². The summed E-state index contributed by atoms with van der Waals surface area (Å²) in [7, 11) is 0. The number of hydrogen-bond acceptors (Lipinski definition) is 5. The minimum atomic E-state index is -0.457. The van der Waals surface area contributed by atoms with Gasteiger partial charge >= 0.3 is 0 Å². The largest absolute Gasteiger partial charge is 0.481 e. The van der Waals surface area contributed by atoms with Crippen LogP contribution in [0.2, 0.25) is 0 Å². The summed E-state index contributed by atoms with van der Waals surface area (Å²) in [5.74, 6) is 0.196. The fraction of sp³-hybridized carbons (Fsp3) is 0.579. The third-order valence-electron chi connectivity index (χ3n) is 5.32. The monoisotopic (exact) mass is 360 g/mol. The molecule has 0 radical (unpaired) electrons. The molecule has 1 saturated heterocycles. The lowest BCUT2D eigenvalue weighted by atomic mass is 9.86. The number of benzene rings is 1. The summed E-state index contributed by atoms with van der Waals surface area (Å²) in [4.78, 5) is 24.0. The lowest BCUT2D eigenvalue weighted by Crippen LogP contribution is -2.38. The van der Waals surface area contributed by atoms with Gasteiger partial charge in [0, 0.05) is 19.4 Å². The SMILES string of the molecule is CC1CCC2(CC1)OC[C@H](CNC(=O)c1cccc3c1OCC(=O)N3)O2. The number of para-hydroxylation sites is 1. The van der Waals surface area contributed by atoms with Crippen LogP contribution in [0.5, 0.6) is 5.75 Å². The van der Waals surface area contributed by atoms with Crippen LogP contribution in [0.25, 0.3) is 0 Å². The van der Waals surface area contributed by atoms with Crippen LogP contribution in [0, 0.1) is 5.92 Å². The number of nitrogens with one attached hydrogen (secondary N) is 2. The van der Waals surface area contributed by atoms with Crippen molar-refractivity contribution >= 4 is 17.5 Å². The van der Waals surface area contributed by atoms with Crippen molar-refractivity contribution in [3.05, 3.63) is 23.8 Å². The average Bonchev–Trinajstić information content (AvgIpc) is 3.04. The molecular weight excluding hydrogens is 336 g/mol. The Balaban J connectivity index is 1.35. The number of rotatable bonds is 3. The van der Waals surface area contributed by atoms with Crippen LogP contribution in [0.4, 0.5) is 5.69 Å². The van der Waals surface area contributed by atoms with Gasteiger partial charge < -0.3 is 24.8 Å². The van der Waals surface area contributed by atoms with E-state index in [9.17, 15) is 9.59 Å². The first-order valence-corrected chi connectivity index (χ1v) is 9.20. The fourth-order valence-corrected chi connectivity index (χ4v) is 3.78. The summed E-state index contributed by atoms with van der Waals surface area (Å²) in [6.45, 7) is 3.04. The van der Waals surface area contributed by atoms with Gasteiger partial charge in [-0.3, -0.25) is 9.59 Å². The molecule has 2 amide bonds. The summed E-state index contributed by atoms with van der Waals surface area (Å²) >= 11 is 0. The van der Waals surface area contributed by atoms with Crippen LogP contribution in [0.15, 0.2) is 18.2 Å². The normalized spacial score (nSPS) is 30.4. The first kappa shape index (κ1) is 17.3. The topological polar surface area (TPSA) is 85.9 Å². The molecule has 1 aliphatic carbocycles. The molecule has 7 heteroatoms. The molecule has 0 unspecified atom stereocenters. The van der Waals surface area contributed by atoms with Gasteiger partial charge in [0.25, 0.3) is 11.8 Å². The maximum absolute atomic E-state index is 12.6. The van der Waals surface area contributed by atoms with Gasteiger partial charge in [-0.1, -0.05) is 13.0 Å². The molecule has 2 heterocycles. The highest BCUT2D eigenvalue weighted by molar-refractivity contribution is 6.03. The number of ether oxygens (including phenoxy) is 3. The van der Waals surface area contributed by atoms with E-state index in [1.807, 2.05) is 0 Å². The molecular formula is C19H24N2O5. The maximum atomic E-state index is 12.6. The zero-order valence-electron chi connectivity index (χ0n) is 14.9. The van der Waals surface area contributed by atoms with E-state index in [0.29, 0.717) is 30.2 Å². The standard InChI is InChI=1S/C19H24N2O5/c1-12-5-7-19(8-6-12)25-10-13(26-19)9-20-18(23)14-3-2-4-15-17(14)24-11-16(22)21-15/h2-4,12-13H,5-11H2,1H3,(H,20,23)(H,21,22)/t12?,13-,19?/m0/s1. The molecule has 1 aromatic rings. The Morgan fingerprint density at radius 3 is 2.96 bits per heavy atom. The number of fused-ring (bicyclic) bond motifs is 1. The van der Waals surface area contributed by atoms with E-state index in [2.05, 4.69) is 17.6 Å². The van der Waals surface area contributed by atoms with Gasteiger partial charge in [-0.05, 0) is 30.9 Å². The van der Waals surface area contributed by atoms with Crippen LogP contribution in [-0.2, 0) is 14.3 Å². The Hall–Kier alpha value is -2.12. The second kappa shape index (κ2) is 6.89. The van der Waals surface area contributed by atoms with E-state index >= 15 is 0 Å². The third-order valence-corrected chi connectivity index (χ3v) is 5.32. The Kier molecular flexibility index (Phi) is 4.58. The van der Waals surface area contributed by atoms with Crippen LogP contribution in [-0.4, -0.2) is 43.5 Å². The summed E-state index contributed by atoms with van der Waals surface area (Å²) in [6.07, 6.45) is 3.90. The smallest absolute Gasteiger partial charge is 0.262 e. The molecule has 26 heavy (non-hydrogen) atoms. The highest BCUT2D eigenvalue weighted by Crippen LogP contribution is 2.39. The fourth-order valence-electron chi connectivity index (χ4n) is 3.78. The zero-order chi connectivity index (χ0) is 18.1. The molecule has 140 valence electrons. The molecule has 0 aromatic heterocycles. The number of carbonyl (C=O) groups is 2. The van der Waals surface area contributed by atoms with Gasteiger partial charge in [-0.25, -0.2) is 0 Å². The number of carbonyl (C=O) groups excluding carboxylic acids is 2. The van der Waals surface area contributed by atoms with Gasteiger partial charge in [0.05, 0.1) is 17.9 Å². The van der Waals surface area contributed by atoms with Gasteiger partial charge in [0.15, 0.2) is 18.1 Å². The minimum absolute atomic E-state index is 0.0855. The van der Waals surface area contributed by atoms with Crippen molar-refractivity contribution in [1.82, 2.24) is 5.32 Å². The van der Waals surface area contributed by atoms with Crippen LogP contribution in [0.1, 0.15) is 43.0 Å². The Labute approximate surface area is 152 Å². The predicted molar refractivity (Wildman–Crippen MR) is 94.1 cm³/mol. The van der Waals surface area contributed by atoms with Crippen LogP contribution >= 0.6 is 0 Å². The van der Waals surface area contributed by atoms with Crippen molar-refractivity contribution in [2.75, 3.05) is 25.1 Å². The molecule has 4 rings (SSSR count). The second-order valence-electron chi connectivity index (χ2n) is 7.37. The molecule has 0 bridgehead atoms. The van der Waals surface area contributed by atoms with Gasteiger partial charge in [-0.2, -0.15) is 0 Å². The van der Waals surface area contributed by atoms with Crippen molar-refractivity contribution in [2.45, 2.75) is 44.5 Å². The van der Waals surface area contributed by atoms with Gasteiger partial charge in [0.2, 0.25) is 0 Å². The first-order chi connectivity index (χ1) is 12.5. The third kappa shape index (κ3) is 3.41. The molecule has 2 fully saturated rings. The van der Waals surface area contributed by atoms with E-state index in [1.165, 1.54) is 0 Å². The lowest BCUT2D eigenvalue weighted by molar-refractivity contribution is -0.191. The Morgan fingerprint density at radius 2 is 2.15 bits per heavy atom. The average molecular weight is 360 g/mol. The molecule has 2 N–H and O–H groups in total. The van der Waals surface area contributed by atoms with E-state index in [-0.39, 0.29) is 24.5 Å². The maximum Gasteiger partial charge on any atom is 0.262 e. The second-order valence-corrected chi connectivity index (χ2v) is 7.37. The van der Waals surface area contributed by atoms with Crippen LogP contribution < -0.4 is 15.4 Å². The van der Waals surface area contributed by atoms with E-state index < -0.39 is 5.79 Å². The van der Waals surface area contributed by atoms with Crippen molar-refractivity contribution in [3.63, 3.8) is 0 Å². The van der Waals surface area contributed by atoms with Crippen molar-refractivity contribution in [1.29, 1.82) is 0 Å². The number of amides is 2. The number of anilines is 1. The minimum Gasteiger partial charge on any atom is -0.481 e. The predicted octanol–water partition coefficient (Wildman–Crippen LogP) is 2.07. The highest BCUT2D eigenvalue weighted by atomic mass is 16.7. The first-order valence-electron chi connectivity index (χ1n) is 9.20. The van der Waals surface area contributed by atoms with Crippen LogP contribution in [0.3, 0.4) is 0 Å². The molecule has 1 spiro atoms. The van der Waals surface area contributed by atoms with Crippen molar-refractivity contribution in [3.8, 4) is 5.75 Å². The molecule has 1 aromatic carbocycles. The van der Waals surface area contributed by atoms with E-state index in [1.54, 1.807) is 18.2 Å². The summed E-state index contributed by atoms with van der Waals surface area (Å²) < 4.78 is 17.5. The van der Waals surface area contributed by atoms with Gasteiger partial charge in [0.1, 0.15) is 6.10 Å². The Morgan fingerprint density at radius 1 is 1.35 bits per heavy atom. The summed E-state index contributed by atoms with van der Waals surface area (Å²) in [5.41, 5.74) is 0.923. The Bertz CT molecular complexity index is 712.